The molecular weight excluding hydrogens is 320 g/mol. The molecule has 75 valence electrons. The maximum absolute atomic E-state index is 5.63. The Morgan fingerprint density at radius 2 is 1.87 bits per heavy atom. The zero-order valence-electron chi connectivity index (χ0n) is 7.71. The molecule has 0 unspecified atom stereocenters. The van der Waals surface area contributed by atoms with Gasteiger partial charge in [0, 0.05) is 8.95 Å². The fraction of sp³-hybridized carbons (Fsp3) is 0. The van der Waals surface area contributed by atoms with Crippen LogP contribution in [0.1, 0.15) is 0 Å². The first-order chi connectivity index (χ1) is 7.25. The van der Waals surface area contributed by atoms with Crippen molar-refractivity contribution in [1.82, 2.24) is 0 Å². The zero-order chi connectivity index (χ0) is 10.7. The Hall–Kier alpha value is -0.800. The van der Waals surface area contributed by atoms with E-state index in [2.05, 4.69) is 37.9 Å². The summed E-state index contributed by atoms with van der Waals surface area (Å²) < 4.78 is 7.61. The molecule has 0 fully saturated rings. The third-order valence-electron chi connectivity index (χ3n) is 1.81. The normalized spacial score (nSPS) is 10.0. The van der Waals surface area contributed by atoms with E-state index in [1.54, 1.807) is 6.07 Å². The molecule has 2 aromatic carbocycles. The van der Waals surface area contributed by atoms with Gasteiger partial charge in [-0.1, -0.05) is 12.1 Å². The molecule has 0 N–H and O–H groups in total. The lowest BCUT2D eigenvalue weighted by molar-refractivity contribution is 0.482. The SMILES string of the molecule is Brc1ccc(Oc2c[c]ccc2)cc1Br. The lowest BCUT2D eigenvalue weighted by Gasteiger charge is -2.06. The van der Waals surface area contributed by atoms with E-state index < -0.39 is 0 Å². The summed E-state index contributed by atoms with van der Waals surface area (Å²) in [5, 5.41) is 0. The molecule has 0 aromatic heterocycles. The minimum atomic E-state index is 0.784. The van der Waals surface area contributed by atoms with Crippen LogP contribution in [0, 0.1) is 6.07 Å². The van der Waals surface area contributed by atoms with E-state index in [1.165, 1.54) is 0 Å². The minimum absolute atomic E-state index is 0.784. The van der Waals surface area contributed by atoms with E-state index in [4.69, 9.17) is 4.74 Å². The van der Waals surface area contributed by atoms with Crippen molar-refractivity contribution in [3.8, 4) is 11.5 Å². The van der Waals surface area contributed by atoms with Gasteiger partial charge in [-0.2, -0.15) is 0 Å². The molecule has 0 atom stereocenters. The van der Waals surface area contributed by atoms with Crippen molar-refractivity contribution in [3.63, 3.8) is 0 Å². The first kappa shape index (κ1) is 10.7. The molecule has 0 aliphatic rings. The van der Waals surface area contributed by atoms with Gasteiger partial charge in [0.2, 0.25) is 0 Å². The first-order valence-corrected chi connectivity index (χ1v) is 5.93. The van der Waals surface area contributed by atoms with Gasteiger partial charge in [-0.15, -0.1) is 0 Å². The average molecular weight is 327 g/mol. The fourth-order valence-electron chi connectivity index (χ4n) is 1.12. The highest BCUT2D eigenvalue weighted by Crippen LogP contribution is 2.29. The maximum atomic E-state index is 5.63. The van der Waals surface area contributed by atoms with E-state index in [0.29, 0.717) is 0 Å². The number of hydrogen-bond donors (Lipinski definition) is 0. The predicted octanol–water partition coefficient (Wildman–Crippen LogP) is 4.80. The monoisotopic (exact) mass is 325 g/mol. The van der Waals surface area contributed by atoms with Crippen LogP contribution in [0.15, 0.2) is 51.4 Å². The molecule has 0 aliphatic carbocycles. The van der Waals surface area contributed by atoms with E-state index in [0.717, 1.165) is 20.4 Å². The van der Waals surface area contributed by atoms with Crippen molar-refractivity contribution in [3.05, 3.63) is 57.5 Å². The summed E-state index contributed by atoms with van der Waals surface area (Å²) in [5.74, 6) is 1.58. The molecule has 0 bridgehead atoms. The molecule has 2 rings (SSSR count). The number of hydrogen-bond acceptors (Lipinski definition) is 1. The summed E-state index contributed by atoms with van der Waals surface area (Å²) in [4.78, 5) is 0. The van der Waals surface area contributed by atoms with Crippen LogP contribution in [0.2, 0.25) is 0 Å². The van der Waals surface area contributed by atoms with Gasteiger partial charge in [-0.05, 0) is 68.3 Å². The van der Waals surface area contributed by atoms with Crippen LogP contribution in [0.3, 0.4) is 0 Å². The molecule has 0 heterocycles. The quantitative estimate of drug-likeness (QED) is 0.770. The van der Waals surface area contributed by atoms with Gasteiger partial charge in [0.1, 0.15) is 11.5 Å². The van der Waals surface area contributed by atoms with Crippen molar-refractivity contribution in [1.29, 1.82) is 0 Å². The summed E-state index contributed by atoms with van der Waals surface area (Å²) in [6, 6.07) is 16.1. The van der Waals surface area contributed by atoms with Crippen molar-refractivity contribution in [2.24, 2.45) is 0 Å². The van der Waals surface area contributed by atoms with Crippen LogP contribution < -0.4 is 4.74 Å². The summed E-state index contributed by atoms with van der Waals surface area (Å²) in [5.41, 5.74) is 0. The van der Waals surface area contributed by atoms with Gasteiger partial charge in [-0.3, -0.25) is 0 Å². The number of halogens is 2. The van der Waals surface area contributed by atoms with Crippen molar-refractivity contribution in [2.75, 3.05) is 0 Å². The smallest absolute Gasteiger partial charge is 0.128 e. The fourth-order valence-corrected chi connectivity index (χ4v) is 1.72. The lowest BCUT2D eigenvalue weighted by atomic mass is 10.3. The molecule has 0 saturated carbocycles. The van der Waals surface area contributed by atoms with E-state index in [9.17, 15) is 0 Å². The molecule has 15 heavy (non-hydrogen) atoms. The Labute approximate surface area is 105 Å². The second-order valence-corrected chi connectivity index (χ2v) is 4.63. The van der Waals surface area contributed by atoms with Crippen LogP contribution in [-0.4, -0.2) is 0 Å². The predicted molar refractivity (Wildman–Crippen MR) is 67.2 cm³/mol. The Bertz CT molecular complexity index is 454. The molecule has 3 heteroatoms. The standard InChI is InChI=1S/C12H7Br2O/c13-11-7-6-10(8-12(11)14)15-9-4-2-1-3-5-9/h1-2,4-8H. The van der Waals surface area contributed by atoms with Gasteiger partial charge < -0.3 is 4.74 Å². The summed E-state index contributed by atoms with van der Waals surface area (Å²) in [6.45, 7) is 0. The highest BCUT2D eigenvalue weighted by atomic mass is 79.9. The Morgan fingerprint density at radius 3 is 2.53 bits per heavy atom. The van der Waals surface area contributed by atoms with Gasteiger partial charge in [0.25, 0.3) is 0 Å². The molecular formula is C12H7Br2O. The number of ether oxygens (including phenoxy) is 1. The van der Waals surface area contributed by atoms with E-state index in [1.807, 2.05) is 36.4 Å². The third-order valence-corrected chi connectivity index (χ3v) is 3.68. The summed E-state index contributed by atoms with van der Waals surface area (Å²) in [7, 11) is 0. The van der Waals surface area contributed by atoms with Gasteiger partial charge in [0.15, 0.2) is 0 Å². The molecule has 0 aliphatic heterocycles. The Kier molecular flexibility index (Phi) is 3.44. The van der Waals surface area contributed by atoms with Crippen LogP contribution >= 0.6 is 31.9 Å². The number of benzene rings is 2. The van der Waals surface area contributed by atoms with E-state index in [-0.39, 0.29) is 0 Å². The lowest BCUT2D eigenvalue weighted by Crippen LogP contribution is -1.83. The molecule has 0 spiro atoms. The zero-order valence-corrected chi connectivity index (χ0v) is 10.9. The Morgan fingerprint density at radius 1 is 1.00 bits per heavy atom. The average Bonchev–Trinajstić information content (AvgIpc) is 2.25. The highest BCUT2D eigenvalue weighted by molar-refractivity contribution is 9.13. The number of rotatable bonds is 2. The van der Waals surface area contributed by atoms with E-state index >= 15 is 0 Å². The van der Waals surface area contributed by atoms with Crippen LogP contribution in [0.5, 0.6) is 11.5 Å². The summed E-state index contributed by atoms with van der Waals surface area (Å²) >= 11 is 6.83. The van der Waals surface area contributed by atoms with Crippen molar-refractivity contribution in [2.45, 2.75) is 0 Å². The topological polar surface area (TPSA) is 9.23 Å². The molecule has 1 radical (unpaired) electrons. The molecule has 1 nitrogen and oxygen atoms in total. The molecule has 0 amide bonds. The largest absolute Gasteiger partial charge is 0.457 e. The minimum Gasteiger partial charge on any atom is -0.457 e. The van der Waals surface area contributed by atoms with Crippen LogP contribution in [-0.2, 0) is 0 Å². The van der Waals surface area contributed by atoms with Crippen molar-refractivity contribution < 1.29 is 4.74 Å². The van der Waals surface area contributed by atoms with Crippen LogP contribution in [0.4, 0.5) is 0 Å². The van der Waals surface area contributed by atoms with Gasteiger partial charge >= 0.3 is 0 Å². The van der Waals surface area contributed by atoms with Gasteiger partial charge in [0.05, 0.1) is 0 Å². The maximum Gasteiger partial charge on any atom is 0.128 e. The second kappa shape index (κ2) is 4.81. The summed E-state index contributed by atoms with van der Waals surface area (Å²) in [6.07, 6.45) is 0. The first-order valence-electron chi connectivity index (χ1n) is 4.35. The van der Waals surface area contributed by atoms with Gasteiger partial charge in [-0.25, -0.2) is 0 Å². The molecule has 2 aromatic rings. The van der Waals surface area contributed by atoms with Crippen molar-refractivity contribution >= 4 is 31.9 Å². The highest BCUT2D eigenvalue weighted by Gasteiger charge is 2.00. The third kappa shape index (κ3) is 2.83. The molecule has 0 saturated heterocycles. The second-order valence-electron chi connectivity index (χ2n) is 2.92. The van der Waals surface area contributed by atoms with Crippen LogP contribution in [0.25, 0.3) is 0 Å². The Balaban J connectivity index is 2.22.